The molecule has 1 heterocycles. The van der Waals surface area contributed by atoms with E-state index in [4.69, 9.17) is 5.11 Å². The van der Waals surface area contributed by atoms with Gasteiger partial charge in [-0.3, -0.25) is 9.59 Å². The van der Waals surface area contributed by atoms with Crippen LogP contribution in [-0.4, -0.2) is 40.2 Å². The molecule has 1 aromatic rings. The molecule has 4 nitrogen and oxygen atoms in total. The molecule has 0 radical (unpaired) electrons. The number of likely N-dealkylation sites (tertiary alicyclic amines) is 1. The first-order chi connectivity index (χ1) is 10.4. The number of piperidine rings is 1. The van der Waals surface area contributed by atoms with E-state index in [2.05, 4.69) is 13.8 Å². The monoisotopic (exact) mass is 321 g/mol. The maximum Gasteiger partial charge on any atom is 0.316 e. The molecule has 1 fully saturated rings. The average Bonchev–Trinajstić information content (AvgIpc) is 2.49. The second kappa shape index (κ2) is 7.18. The molecule has 0 saturated carbocycles. The Kier molecular flexibility index (Phi) is 5.51. The molecule has 0 aromatic heterocycles. The summed E-state index contributed by atoms with van der Waals surface area (Å²) in [7, 11) is 0. The lowest BCUT2D eigenvalue weighted by Gasteiger charge is -2.35. The van der Waals surface area contributed by atoms with Gasteiger partial charge in [0.25, 0.3) is 5.91 Å². The minimum Gasteiger partial charge on any atom is -0.480 e. The number of carboxylic acid groups (broad SMARTS) is 1. The maximum atomic E-state index is 12.8. The Hall–Kier alpha value is -1.49. The van der Waals surface area contributed by atoms with E-state index < -0.39 is 11.2 Å². The zero-order chi connectivity index (χ0) is 16.3. The lowest BCUT2D eigenvalue weighted by molar-refractivity contribution is -0.136. The van der Waals surface area contributed by atoms with Crippen LogP contribution in [0.25, 0.3) is 0 Å². The van der Waals surface area contributed by atoms with Gasteiger partial charge in [-0.05, 0) is 37.3 Å². The van der Waals surface area contributed by atoms with Crippen molar-refractivity contribution in [2.75, 3.05) is 13.1 Å². The van der Waals surface area contributed by atoms with Gasteiger partial charge in [0.15, 0.2) is 0 Å². The summed E-state index contributed by atoms with van der Waals surface area (Å²) >= 11 is 1.22. The van der Waals surface area contributed by atoms with E-state index in [-0.39, 0.29) is 5.91 Å². The van der Waals surface area contributed by atoms with Crippen molar-refractivity contribution in [3.63, 3.8) is 0 Å². The summed E-state index contributed by atoms with van der Waals surface area (Å²) in [5, 5.41) is 8.49. The Morgan fingerprint density at radius 2 is 1.95 bits per heavy atom. The molecule has 3 atom stereocenters. The molecule has 120 valence electrons. The fourth-order valence-corrected chi connectivity index (χ4v) is 3.53. The lowest BCUT2D eigenvalue weighted by atomic mass is 9.88. The van der Waals surface area contributed by atoms with Gasteiger partial charge in [-0.1, -0.05) is 26.0 Å². The number of carbonyl (C=O) groups is 2. The van der Waals surface area contributed by atoms with Crippen LogP contribution in [0.1, 0.15) is 37.6 Å². The summed E-state index contributed by atoms with van der Waals surface area (Å²) in [6.45, 7) is 7.59. The van der Waals surface area contributed by atoms with Crippen LogP contribution in [0.4, 0.5) is 0 Å². The number of rotatable bonds is 4. The highest BCUT2D eigenvalue weighted by Crippen LogP contribution is 2.30. The van der Waals surface area contributed by atoms with Crippen molar-refractivity contribution in [3.8, 4) is 0 Å². The third-order valence-corrected chi connectivity index (χ3v) is 5.56. The first-order valence-electron chi connectivity index (χ1n) is 7.68. The smallest absolute Gasteiger partial charge is 0.316 e. The number of benzene rings is 1. The predicted molar refractivity (Wildman–Crippen MR) is 88.2 cm³/mol. The number of amides is 1. The summed E-state index contributed by atoms with van der Waals surface area (Å²) in [6, 6.07) is 7.29. The topological polar surface area (TPSA) is 57.6 Å². The molecule has 22 heavy (non-hydrogen) atoms. The largest absolute Gasteiger partial charge is 0.480 e. The highest BCUT2D eigenvalue weighted by molar-refractivity contribution is 8.00. The first kappa shape index (κ1) is 16.9. The van der Waals surface area contributed by atoms with Crippen LogP contribution in [-0.2, 0) is 4.79 Å². The third kappa shape index (κ3) is 3.83. The number of hydrogen-bond donors (Lipinski definition) is 1. The second-order valence-electron chi connectivity index (χ2n) is 6.09. The van der Waals surface area contributed by atoms with E-state index in [0.29, 0.717) is 17.4 Å². The number of carbonyl (C=O) groups excluding carboxylic acids is 1. The van der Waals surface area contributed by atoms with Crippen LogP contribution in [0, 0.1) is 11.8 Å². The first-order valence-corrected chi connectivity index (χ1v) is 8.56. The fraction of sp³-hybridized carbons (Fsp3) is 0.529. The fourth-order valence-electron chi connectivity index (χ4n) is 2.60. The SMILES string of the molecule is CC(Sc1ccccc1C(=O)N1CCC(C)C(C)C1)C(=O)O. The standard InChI is InChI=1S/C17H23NO3S/c1-11-8-9-18(10-12(11)2)16(19)14-6-4-5-7-15(14)22-13(3)17(20)21/h4-7,11-13H,8-10H2,1-3H3,(H,20,21). The van der Waals surface area contributed by atoms with Gasteiger partial charge >= 0.3 is 5.97 Å². The van der Waals surface area contributed by atoms with Gasteiger partial charge in [0, 0.05) is 18.0 Å². The molecule has 3 unspecified atom stereocenters. The summed E-state index contributed by atoms with van der Waals surface area (Å²) in [5.41, 5.74) is 0.613. The Labute approximate surface area is 135 Å². The number of carboxylic acids is 1. The summed E-state index contributed by atoms with van der Waals surface area (Å²) in [5.74, 6) is 0.281. The zero-order valence-electron chi connectivity index (χ0n) is 13.3. The molecule has 5 heteroatoms. The van der Waals surface area contributed by atoms with Gasteiger partial charge < -0.3 is 10.0 Å². The summed E-state index contributed by atoms with van der Waals surface area (Å²) < 4.78 is 0. The molecular weight excluding hydrogens is 298 g/mol. The second-order valence-corrected chi connectivity index (χ2v) is 7.47. The van der Waals surface area contributed by atoms with Crippen molar-refractivity contribution < 1.29 is 14.7 Å². The molecule has 1 aliphatic heterocycles. The molecular formula is C17H23NO3S. The van der Waals surface area contributed by atoms with Crippen LogP contribution >= 0.6 is 11.8 Å². The van der Waals surface area contributed by atoms with Crippen molar-refractivity contribution >= 4 is 23.6 Å². The van der Waals surface area contributed by atoms with E-state index in [1.54, 1.807) is 13.0 Å². The number of aliphatic carboxylic acids is 1. The van der Waals surface area contributed by atoms with Crippen LogP contribution in [0.3, 0.4) is 0 Å². The minimum atomic E-state index is -0.868. The van der Waals surface area contributed by atoms with Crippen molar-refractivity contribution in [1.29, 1.82) is 0 Å². The highest BCUT2D eigenvalue weighted by atomic mass is 32.2. The summed E-state index contributed by atoms with van der Waals surface area (Å²) in [6.07, 6.45) is 1.02. The van der Waals surface area contributed by atoms with E-state index >= 15 is 0 Å². The third-order valence-electron chi connectivity index (χ3n) is 4.39. The normalized spacial score (nSPS) is 23.1. The molecule has 2 rings (SSSR count). The van der Waals surface area contributed by atoms with Gasteiger partial charge in [0.1, 0.15) is 5.25 Å². The predicted octanol–water partition coefficient (Wildman–Crippen LogP) is 3.37. The van der Waals surface area contributed by atoms with Gasteiger partial charge in [0.2, 0.25) is 0 Å². The molecule has 0 aliphatic carbocycles. The molecule has 0 bridgehead atoms. The Morgan fingerprint density at radius 1 is 1.27 bits per heavy atom. The van der Waals surface area contributed by atoms with Crippen molar-refractivity contribution in [3.05, 3.63) is 29.8 Å². The van der Waals surface area contributed by atoms with Gasteiger partial charge in [-0.15, -0.1) is 11.8 Å². The number of thioether (sulfide) groups is 1. The number of nitrogens with zero attached hydrogens (tertiary/aromatic N) is 1. The van der Waals surface area contributed by atoms with E-state index in [9.17, 15) is 9.59 Å². The van der Waals surface area contributed by atoms with E-state index in [1.165, 1.54) is 11.8 Å². The quantitative estimate of drug-likeness (QED) is 0.864. The molecule has 0 spiro atoms. The van der Waals surface area contributed by atoms with E-state index in [1.807, 2.05) is 23.1 Å². The molecule has 1 aliphatic rings. The van der Waals surface area contributed by atoms with Crippen molar-refractivity contribution in [2.45, 2.75) is 37.3 Å². The maximum absolute atomic E-state index is 12.8. The summed E-state index contributed by atoms with van der Waals surface area (Å²) in [4.78, 5) is 26.5. The van der Waals surface area contributed by atoms with Gasteiger partial charge in [0.05, 0.1) is 5.56 Å². The lowest BCUT2D eigenvalue weighted by Crippen LogP contribution is -2.42. The van der Waals surface area contributed by atoms with Gasteiger partial charge in [-0.25, -0.2) is 0 Å². The molecule has 1 saturated heterocycles. The Balaban J connectivity index is 2.18. The van der Waals surface area contributed by atoms with Crippen molar-refractivity contribution in [1.82, 2.24) is 4.90 Å². The molecule has 1 aromatic carbocycles. The van der Waals surface area contributed by atoms with Crippen LogP contribution < -0.4 is 0 Å². The Morgan fingerprint density at radius 3 is 2.59 bits per heavy atom. The minimum absolute atomic E-state index is 0.0134. The molecule has 1 amide bonds. The van der Waals surface area contributed by atoms with Gasteiger partial charge in [-0.2, -0.15) is 0 Å². The van der Waals surface area contributed by atoms with Crippen LogP contribution in [0.5, 0.6) is 0 Å². The van der Waals surface area contributed by atoms with Crippen molar-refractivity contribution in [2.24, 2.45) is 11.8 Å². The molecule has 1 N–H and O–H groups in total. The van der Waals surface area contributed by atoms with E-state index in [0.717, 1.165) is 24.4 Å². The zero-order valence-corrected chi connectivity index (χ0v) is 14.1. The average molecular weight is 321 g/mol. The number of hydrogen-bond acceptors (Lipinski definition) is 3. The van der Waals surface area contributed by atoms with Crippen LogP contribution in [0.15, 0.2) is 29.2 Å². The van der Waals surface area contributed by atoms with Crippen LogP contribution in [0.2, 0.25) is 0 Å². The highest BCUT2D eigenvalue weighted by Gasteiger charge is 2.28. The Bertz CT molecular complexity index is 561.